The first-order valence-electron chi connectivity index (χ1n) is 9.94. The van der Waals surface area contributed by atoms with Gasteiger partial charge >= 0.3 is 5.97 Å². The summed E-state index contributed by atoms with van der Waals surface area (Å²) in [4.78, 5) is 37.6. The minimum Gasteiger partial charge on any atom is -0.482 e. The van der Waals surface area contributed by atoms with E-state index in [1.54, 1.807) is 25.1 Å². The maximum atomic E-state index is 12.6. The van der Waals surface area contributed by atoms with Crippen LogP contribution < -0.4 is 10.1 Å². The molecule has 0 radical (unpaired) electrons. The number of esters is 1. The van der Waals surface area contributed by atoms with Gasteiger partial charge in [-0.15, -0.1) is 0 Å². The lowest BCUT2D eigenvalue weighted by Crippen LogP contribution is -2.46. The van der Waals surface area contributed by atoms with Crippen LogP contribution in [-0.4, -0.2) is 67.9 Å². The molecule has 10 heteroatoms. The molecule has 1 saturated heterocycles. The number of rotatable bonds is 7. The van der Waals surface area contributed by atoms with Gasteiger partial charge in [-0.05, 0) is 50.5 Å². The Balaban J connectivity index is 1.51. The van der Waals surface area contributed by atoms with Gasteiger partial charge in [0.25, 0.3) is 5.91 Å². The highest BCUT2D eigenvalue weighted by Crippen LogP contribution is 2.26. The molecule has 2 aliphatic heterocycles. The third-order valence-electron chi connectivity index (χ3n) is 5.26. The molecule has 3 rings (SSSR count). The summed E-state index contributed by atoms with van der Waals surface area (Å²) in [6.45, 7) is 3.20. The van der Waals surface area contributed by atoms with E-state index < -0.39 is 27.8 Å². The second kappa shape index (κ2) is 9.03. The molecule has 1 fully saturated rings. The summed E-state index contributed by atoms with van der Waals surface area (Å²) in [5.74, 6) is -0.681. The molecule has 0 aromatic heterocycles. The third-order valence-corrected chi connectivity index (χ3v) is 7.01. The molecule has 0 aliphatic carbocycles. The van der Waals surface area contributed by atoms with Gasteiger partial charge in [-0.25, -0.2) is 13.2 Å². The Labute approximate surface area is 175 Å². The molecule has 1 aromatic rings. The number of fused-ring (bicyclic) bond motifs is 1. The first-order chi connectivity index (χ1) is 14.2. The highest BCUT2D eigenvalue weighted by atomic mass is 32.2. The zero-order chi connectivity index (χ0) is 21.9. The number of ether oxygens (including phenoxy) is 2. The van der Waals surface area contributed by atoms with Crippen LogP contribution in [0.3, 0.4) is 0 Å². The monoisotopic (exact) mass is 438 g/mol. The van der Waals surface area contributed by atoms with E-state index in [1.165, 1.54) is 11.8 Å². The van der Waals surface area contributed by atoms with Crippen molar-refractivity contribution < 1.29 is 32.3 Å². The molecule has 2 atom stereocenters. The van der Waals surface area contributed by atoms with Crippen molar-refractivity contribution in [3.63, 3.8) is 0 Å². The van der Waals surface area contributed by atoms with Crippen LogP contribution in [0.5, 0.6) is 5.75 Å². The summed E-state index contributed by atoms with van der Waals surface area (Å²) in [6.07, 6.45) is 0.347. The lowest BCUT2D eigenvalue weighted by atomic mass is 10.0. The van der Waals surface area contributed by atoms with Crippen molar-refractivity contribution in [1.29, 1.82) is 0 Å². The Morgan fingerprint density at radius 1 is 1.30 bits per heavy atom. The number of sulfone groups is 1. The van der Waals surface area contributed by atoms with Crippen molar-refractivity contribution in [2.75, 3.05) is 30.0 Å². The van der Waals surface area contributed by atoms with Crippen molar-refractivity contribution in [3.8, 4) is 5.75 Å². The number of hydrogen-bond acceptors (Lipinski definition) is 7. The molecule has 30 heavy (non-hydrogen) atoms. The van der Waals surface area contributed by atoms with Crippen LogP contribution in [0.25, 0.3) is 0 Å². The number of hydrogen-bond donors (Lipinski definition) is 1. The van der Waals surface area contributed by atoms with Gasteiger partial charge in [0.1, 0.15) is 5.75 Å². The molecular weight excluding hydrogens is 412 g/mol. The zero-order valence-electron chi connectivity index (χ0n) is 17.0. The van der Waals surface area contributed by atoms with Crippen LogP contribution in [0.15, 0.2) is 18.2 Å². The first-order valence-corrected chi connectivity index (χ1v) is 11.8. The fourth-order valence-corrected chi connectivity index (χ4v) is 5.45. The number of carbonyl (C=O) groups excluding carboxylic acids is 3. The van der Waals surface area contributed by atoms with Crippen LogP contribution in [0, 0.1) is 0 Å². The van der Waals surface area contributed by atoms with Crippen LogP contribution in [0.4, 0.5) is 5.69 Å². The van der Waals surface area contributed by atoms with Gasteiger partial charge in [-0.1, -0.05) is 0 Å². The predicted octanol–water partition coefficient (Wildman–Crippen LogP) is 0.917. The fourth-order valence-electron chi connectivity index (χ4n) is 3.72. The number of anilines is 1. The van der Waals surface area contributed by atoms with Crippen molar-refractivity contribution in [2.45, 2.75) is 45.3 Å². The fraction of sp³-hybridized carbons (Fsp3) is 0.550. The first kappa shape index (κ1) is 22.1. The highest BCUT2D eigenvalue weighted by molar-refractivity contribution is 7.91. The van der Waals surface area contributed by atoms with E-state index >= 15 is 0 Å². The maximum absolute atomic E-state index is 12.6. The predicted molar refractivity (Wildman–Crippen MR) is 109 cm³/mol. The topological polar surface area (TPSA) is 119 Å². The lowest BCUT2D eigenvalue weighted by Gasteiger charge is -2.29. The molecule has 0 bridgehead atoms. The molecule has 1 N–H and O–H groups in total. The zero-order valence-corrected chi connectivity index (χ0v) is 17.9. The lowest BCUT2D eigenvalue weighted by molar-refractivity contribution is -0.161. The van der Waals surface area contributed by atoms with Gasteiger partial charge in [-0.2, -0.15) is 0 Å². The third kappa shape index (κ3) is 5.29. The number of nitrogens with zero attached hydrogens (tertiary/aromatic N) is 1. The smallest absolute Gasteiger partial charge is 0.344 e. The van der Waals surface area contributed by atoms with Crippen molar-refractivity contribution in [1.82, 2.24) is 4.90 Å². The van der Waals surface area contributed by atoms with Gasteiger partial charge in [0.05, 0.1) is 11.5 Å². The average Bonchev–Trinajstić information content (AvgIpc) is 3.06. The number of nitrogens with one attached hydrogen (secondary N) is 1. The standard InChI is InChI=1S/C20H26N2O7S/c1-3-22(15-8-9-30(26,27)12-15)20(25)13(2)29-19(24)11-28-16-5-6-17-14(10-16)4-7-18(23)21-17/h5-6,10,13,15H,3-4,7-9,11-12H2,1-2H3,(H,21,23). The van der Waals surface area contributed by atoms with Gasteiger partial charge in [0.15, 0.2) is 22.5 Å². The Kier molecular flexibility index (Phi) is 6.64. The Morgan fingerprint density at radius 2 is 2.07 bits per heavy atom. The van der Waals surface area contributed by atoms with Gasteiger partial charge in [-0.3, -0.25) is 9.59 Å². The largest absolute Gasteiger partial charge is 0.482 e. The van der Waals surface area contributed by atoms with Crippen LogP contribution in [0.1, 0.15) is 32.3 Å². The van der Waals surface area contributed by atoms with Crippen molar-refractivity contribution in [3.05, 3.63) is 23.8 Å². The van der Waals surface area contributed by atoms with E-state index in [4.69, 9.17) is 9.47 Å². The normalized spacial score (nSPS) is 20.6. The minimum atomic E-state index is -3.13. The molecule has 2 unspecified atom stereocenters. The molecule has 2 heterocycles. The van der Waals surface area contributed by atoms with E-state index in [1.807, 2.05) is 0 Å². The quantitative estimate of drug-likeness (QED) is 0.629. The minimum absolute atomic E-state index is 0.0327. The summed E-state index contributed by atoms with van der Waals surface area (Å²) >= 11 is 0. The number of amides is 2. The van der Waals surface area contributed by atoms with Crippen LogP contribution in [0.2, 0.25) is 0 Å². The summed E-state index contributed by atoms with van der Waals surface area (Å²) in [7, 11) is -3.13. The second-order valence-corrected chi connectivity index (χ2v) is 9.70. The molecule has 0 spiro atoms. The molecule has 2 aliphatic rings. The number of carbonyl (C=O) groups is 3. The Bertz CT molecular complexity index is 944. The number of likely N-dealkylation sites (N-methyl/N-ethyl adjacent to an activating group) is 1. The summed E-state index contributed by atoms with van der Waals surface area (Å²) in [5.41, 5.74) is 1.66. The molecular formula is C20H26N2O7S. The highest BCUT2D eigenvalue weighted by Gasteiger charge is 2.36. The Morgan fingerprint density at radius 3 is 2.73 bits per heavy atom. The van der Waals surface area contributed by atoms with Crippen molar-refractivity contribution in [2.24, 2.45) is 0 Å². The van der Waals surface area contributed by atoms with Crippen LogP contribution >= 0.6 is 0 Å². The summed E-state index contributed by atoms with van der Waals surface area (Å²) in [5, 5.41) is 2.77. The molecule has 0 saturated carbocycles. The SMILES string of the molecule is CCN(C(=O)C(C)OC(=O)COc1ccc2c(c1)CCC(=O)N2)C1CCS(=O)(=O)C1. The molecule has 164 valence electrons. The Hall–Kier alpha value is -2.62. The van der Waals surface area contributed by atoms with E-state index in [-0.39, 0.29) is 30.1 Å². The van der Waals surface area contributed by atoms with Crippen molar-refractivity contribution >= 4 is 33.3 Å². The maximum Gasteiger partial charge on any atom is 0.344 e. The van der Waals surface area contributed by atoms with E-state index in [0.717, 1.165) is 11.3 Å². The number of benzene rings is 1. The van der Waals surface area contributed by atoms with Crippen LogP contribution in [-0.2, 0) is 35.4 Å². The van der Waals surface area contributed by atoms with E-state index in [0.29, 0.717) is 31.6 Å². The summed E-state index contributed by atoms with van der Waals surface area (Å²) in [6, 6.07) is 4.73. The molecule has 2 amide bonds. The van der Waals surface area contributed by atoms with E-state index in [2.05, 4.69) is 5.32 Å². The van der Waals surface area contributed by atoms with E-state index in [9.17, 15) is 22.8 Å². The number of aryl methyl sites for hydroxylation is 1. The second-order valence-electron chi connectivity index (χ2n) is 7.47. The average molecular weight is 439 g/mol. The van der Waals surface area contributed by atoms with Gasteiger partial charge in [0, 0.05) is 24.7 Å². The molecule has 9 nitrogen and oxygen atoms in total. The molecule has 1 aromatic carbocycles. The van der Waals surface area contributed by atoms with Gasteiger partial charge < -0.3 is 19.7 Å². The summed E-state index contributed by atoms with van der Waals surface area (Å²) < 4.78 is 34.1. The van der Waals surface area contributed by atoms with Gasteiger partial charge in [0.2, 0.25) is 5.91 Å².